The summed E-state index contributed by atoms with van der Waals surface area (Å²) in [5.41, 5.74) is 2.31. The minimum Gasteiger partial charge on any atom is -0.357 e. The van der Waals surface area contributed by atoms with E-state index in [1.165, 1.54) is 11.1 Å². The maximum Gasteiger partial charge on any atom is 0.240 e. The molecule has 0 fully saturated rings. The zero-order chi connectivity index (χ0) is 18.2. The number of benzene rings is 1. The second-order valence-corrected chi connectivity index (χ2v) is 6.95. The Kier molecular flexibility index (Phi) is 10.7. The number of carbonyl (C=O) groups excluding carboxylic acids is 1. The Morgan fingerprint density at radius 1 is 1.16 bits per heavy atom. The second-order valence-electron chi connectivity index (χ2n) is 6.95. The lowest BCUT2D eigenvalue weighted by Crippen LogP contribution is -2.48. The Labute approximate surface area is 169 Å². The molecule has 0 bridgehead atoms. The van der Waals surface area contributed by atoms with Gasteiger partial charge in [0, 0.05) is 19.1 Å². The minimum atomic E-state index is -0.229. The maximum atomic E-state index is 12.1. The van der Waals surface area contributed by atoms with Gasteiger partial charge in [0.25, 0.3) is 0 Å². The highest BCUT2D eigenvalue weighted by Crippen LogP contribution is 2.10. The molecular formula is C19H33IN4O. The largest absolute Gasteiger partial charge is 0.357 e. The van der Waals surface area contributed by atoms with Crippen molar-refractivity contribution in [3.63, 3.8) is 0 Å². The molecule has 1 aromatic carbocycles. The van der Waals surface area contributed by atoms with E-state index in [0.29, 0.717) is 6.54 Å². The number of nitrogens with one attached hydrogen (secondary N) is 2. The third-order valence-corrected chi connectivity index (χ3v) is 3.49. The van der Waals surface area contributed by atoms with Gasteiger partial charge in [0.05, 0.1) is 13.1 Å². The topological polar surface area (TPSA) is 56.7 Å². The molecular weight excluding hydrogens is 427 g/mol. The molecule has 0 saturated heterocycles. The first-order valence-corrected chi connectivity index (χ1v) is 8.64. The molecule has 0 spiro atoms. The lowest BCUT2D eigenvalue weighted by Gasteiger charge is -2.25. The fourth-order valence-corrected chi connectivity index (χ4v) is 2.43. The number of rotatable bonds is 6. The third kappa shape index (κ3) is 9.09. The average molecular weight is 460 g/mol. The molecule has 6 heteroatoms. The number of likely N-dealkylation sites (N-methyl/N-ethyl adjacent to an activating group) is 1. The van der Waals surface area contributed by atoms with Crippen molar-refractivity contribution in [3.8, 4) is 0 Å². The number of halogens is 1. The standard InChI is InChI=1S/C19H32N4O.HI/c1-7-15-11-9-10-12-16(15)13-21-18(20-8-2)23(6)14-17(24)22-19(3,4)5;/h9-12H,7-8,13-14H2,1-6H3,(H,20,21)(H,22,24);1H. The molecule has 0 atom stereocenters. The molecule has 0 radical (unpaired) electrons. The van der Waals surface area contributed by atoms with Gasteiger partial charge in [-0.05, 0) is 45.2 Å². The van der Waals surface area contributed by atoms with E-state index < -0.39 is 0 Å². The average Bonchev–Trinajstić information content (AvgIpc) is 2.49. The van der Waals surface area contributed by atoms with Gasteiger partial charge in [0.1, 0.15) is 0 Å². The third-order valence-electron chi connectivity index (χ3n) is 3.49. The Hall–Kier alpha value is -1.31. The number of hydrogen-bond acceptors (Lipinski definition) is 2. The summed E-state index contributed by atoms with van der Waals surface area (Å²) in [6, 6.07) is 8.34. The van der Waals surface area contributed by atoms with Crippen LogP contribution >= 0.6 is 24.0 Å². The minimum absolute atomic E-state index is 0. The van der Waals surface area contributed by atoms with Gasteiger partial charge in [-0.15, -0.1) is 24.0 Å². The van der Waals surface area contributed by atoms with Crippen molar-refractivity contribution in [1.29, 1.82) is 0 Å². The zero-order valence-electron chi connectivity index (χ0n) is 16.3. The summed E-state index contributed by atoms with van der Waals surface area (Å²) in [5.74, 6) is 0.733. The fourth-order valence-electron chi connectivity index (χ4n) is 2.43. The molecule has 0 unspecified atom stereocenters. The summed E-state index contributed by atoms with van der Waals surface area (Å²) in [6.45, 7) is 11.8. The highest BCUT2D eigenvalue weighted by atomic mass is 127. The lowest BCUT2D eigenvalue weighted by atomic mass is 10.1. The Balaban J connectivity index is 0.00000576. The highest BCUT2D eigenvalue weighted by molar-refractivity contribution is 14.0. The van der Waals surface area contributed by atoms with Crippen molar-refractivity contribution < 1.29 is 4.79 Å². The van der Waals surface area contributed by atoms with Crippen LogP contribution in [0, 0.1) is 0 Å². The predicted octanol–water partition coefficient (Wildman–Crippen LogP) is 3.18. The summed E-state index contributed by atoms with van der Waals surface area (Å²) in [6.07, 6.45) is 0.992. The first-order chi connectivity index (χ1) is 11.3. The molecule has 0 aliphatic carbocycles. The Bertz CT molecular complexity index is 567. The van der Waals surface area contributed by atoms with E-state index in [-0.39, 0.29) is 42.0 Å². The predicted molar refractivity (Wildman–Crippen MR) is 117 cm³/mol. The van der Waals surface area contributed by atoms with Crippen LogP contribution in [0.15, 0.2) is 29.3 Å². The van der Waals surface area contributed by atoms with Crippen molar-refractivity contribution in [3.05, 3.63) is 35.4 Å². The summed E-state index contributed by atoms with van der Waals surface area (Å²) >= 11 is 0. The van der Waals surface area contributed by atoms with Crippen LogP contribution in [0.25, 0.3) is 0 Å². The van der Waals surface area contributed by atoms with Gasteiger partial charge < -0.3 is 15.5 Å². The molecule has 0 heterocycles. The smallest absolute Gasteiger partial charge is 0.240 e. The zero-order valence-corrected chi connectivity index (χ0v) is 18.7. The molecule has 0 aliphatic heterocycles. The Morgan fingerprint density at radius 2 is 1.76 bits per heavy atom. The van der Waals surface area contributed by atoms with E-state index in [0.717, 1.165) is 18.9 Å². The molecule has 142 valence electrons. The number of aliphatic imine (C=N–C) groups is 1. The van der Waals surface area contributed by atoms with Gasteiger partial charge in [-0.1, -0.05) is 31.2 Å². The number of amides is 1. The van der Waals surface area contributed by atoms with Gasteiger partial charge in [0.15, 0.2) is 5.96 Å². The van der Waals surface area contributed by atoms with Crippen molar-refractivity contribution in [2.45, 2.75) is 53.1 Å². The number of carbonyl (C=O) groups is 1. The molecule has 0 saturated carbocycles. The molecule has 1 amide bonds. The SMILES string of the molecule is CCNC(=NCc1ccccc1CC)N(C)CC(=O)NC(C)(C)C.I. The van der Waals surface area contributed by atoms with Crippen LogP contribution in [0.3, 0.4) is 0 Å². The molecule has 5 nitrogen and oxygen atoms in total. The molecule has 0 aliphatic rings. The van der Waals surface area contributed by atoms with Crippen LogP contribution < -0.4 is 10.6 Å². The van der Waals surface area contributed by atoms with Gasteiger partial charge in [-0.25, -0.2) is 4.99 Å². The van der Waals surface area contributed by atoms with Crippen molar-refractivity contribution in [2.24, 2.45) is 4.99 Å². The summed E-state index contributed by atoms with van der Waals surface area (Å²) < 4.78 is 0. The molecule has 25 heavy (non-hydrogen) atoms. The number of hydrogen-bond donors (Lipinski definition) is 2. The van der Waals surface area contributed by atoms with E-state index >= 15 is 0 Å². The molecule has 1 aromatic rings. The van der Waals surface area contributed by atoms with Crippen molar-refractivity contribution in [2.75, 3.05) is 20.1 Å². The van der Waals surface area contributed by atoms with Gasteiger partial charge in [-0.2, -0.15) is 0 Å². The van der Waals surface area contributed by atoms with Gasteiger partial charge in [0.2, 0.25) is 5.91 Å². The Morgan fingerprint density at radius 3 is 2.28 bits per heavy atom. The second kappa shape index (κ2) is 11.3. The van der Waals surface area contributed by atoms with E-state index in [1.54, 1.807) is 0 Å². The molecule has 2 N–H and O–H groups in total. The first-order valence-electron chi connectivity index (χ1n) is 8.64. The summed E-state index contributed by atoms with van der Waals surface area (Å²) in [4.78, 5) is 18.7. The van der Waals surface area contributed by atoms with Crippen molar-refractivity contribution >= 4 is 35.8 Å². The van der Waals surface area contributed by atoms with E-state index in [2.05, 4.69) is 35.8 Å². The lowest BCUT2D eigenvalue weighted by molar-refractivity contribution is -0.122. The summed E-state index contributed by atoms with van der Waals surface area (Å²) in [5, 5.41) is 6.23. The molecule has 1 rings (SSSR count). The van der Waals surface area contributed by atoms with Crippen LogP contribution in [0.5, 0.6) is 0 Å². The normalized spacial score (nSPS) is 11.5. The quantitative estimate of drug-likeness (QED) is 0.390. The van der Waals surface area contributed by atoms with Crippen LogP contribution in [0.1, 0.15) is 45.7 Å². The van der Waals surface area contributed by atoms with E-state index in [1.807, 2.05) is 45.7 Å². The van der Waals surface area contributed by atoms with Crippen molar-refractivity contribution in [1.82, 2.24) is 15.5 Å². The maximum absolute atomic E-state index is 12.1. The van der Waals surface area contributed by atoms with Crippen LogP contribution in [-0.2, 0) is 17.8 Å². The number of nitrogens with zero attached hydrogens (tertiary/aromatic N) is 2. The molecule has 0 aromatic heterocycles. The van der Waals surface area contributed by atoms with E-state index in [4.69, 9.17) is 4.99 Å². The van der Waals surface area contributed by atoms with Crippen LogP contribution in [-0.4, -0.2) is 42.4 Å². The number of aryl methyl sites for hydroxylation is 1. The van der Waals surface area contributed by atoms with Gasteiger partial charge in [-0.3, -0.25) is 4.79 Å². The monoisotopic (exact) mass is 460 g/mol. The first kappa shape index (κ1) is 23.7. The van der Waals surface area contributed by atoms with Gasteiger partial charge >= 0.3 is 0 Å². The van der Waals surface area contributed by atoms with E-state index in [9.17, 15) is 4.79 Å². The number of guanidine groups is 1. The summed E-state index contributed by atoms with van der Waals surface area (Å²) in [7, 11) is 1.88. The fraction of sp³-hybridized carbons (Fsp3) is 0.579. The van der Waals surface area contributed by atoms with Crippen LogP contribution in [0.2, 0.25) is 0 Å². The van der Waals surface area contributed by atoms with Crippen LogP contribution in [0.4, 0.5) is 0 Å². The highest BCUT2D eigenvalue weighted by Gasteiger charge is 2.16.